The number of amides is 1. The van der Waals surface area contributed by atoms with Crippen LogP contribution in [0.25, 0.3) is 0 Å². The van der Waals surface area contributed by atoms with E-state index in [1.165, 1.54) is 16.4 Å². The predicted octanol–water partition coefficient (Wildman–Crippen LogP) is 1.43. The van der Waals surface area contributed by atoms with Crippen molar-refractivity contribution in [1.82, 2.24) is 13.9 Å². The lowest BCUT2D eigenvalue weighted by molar-refractivity contribution is -0.131. The number of rotatable bonds is 6. The minimum atomic E-state index is -3.51. The average molecular weight is 413 g/mol. The molecule has 0 radical (unpaired) electrons. The third-order valence-corrected chi connectivity index (χ3v) is 7.14. The van der Waals surface area contributed by atoms with Gasteiger partial charge in [0.25, 0.3) is 10.2 Å². The van der Waals surface area contributed by atoms with E-state index in [1.807, 2.05) is 0 Å². The van der Waals surface area contributed by atoms with Gasteiger partial charge in [0.2, 0.25) is 5.91 Å². The summed E-state index contributed by atoms with van der Waals surface area (Å²) in [6.07, 6.45) is 1.90. The lowest BCUT2D eigenvalue weighted by atomic mass is 10.0. The average Bonchev–Trinajstić information content (AvgIpc) is 2.69. The van der Waals surface area contributed by atoms with Crippen LogP contribution >= 0.6 is 0 Å². The van der Waals surface area contributed by atoms with Crippen molar-refractivity contribution in [2.24, 2.45) is 5.92 Å². The number of carbonyl (C=O) groups excluding carboxylic acids is 1. The van der Waals surface area contributed by atoms with Gasteiger partial charge in [-0.25, -0.2) is 9.11 Å². The number of hydrogen-bond acceptors (Lipinski definition) is 4. The van der Waals surface area contributed by atoms with Crippen LogP contribution < -0.4 is 9.62 Å². The van der Waals surface area contributed by atoms with E-state index >= 15 is 0 Å². The summed E-state index contributed by atoms with van der Waals surface area (Å²) in [7, 11) is -3.51. The summed E-state index contributed by atoms with van der Waals surface area (Å²) >= 11 is 0. The molecule has 2 saturated heterocycles. The number of piperidine rings is 1. The second-order valence-corrected chi connectivity index (χ2v) is 9.33. The first-order chi connectivity index (χ1) is 13.3. The molecule has 9 heteroatoms. The van der Waals surface area contributed by atoms with Crippen LogP contribution in [0.15, 0.2) is 24.3 Å². The Morgan fingerprint density at radius 1 is 1.07 bits per heavy atom. The first kappa shape index (κ1) is 21.0. The maximum absolute atomic E-state index is 13.0. The Balaban J connectivity index is 1.40. The summed E-state index contributed by atoms with van der Waals surface area (Å²) in [5.74, 6) is 0.245. The van der Waals surface area contributed by atoms with Crippen LogP contribution in [0.5, 0.6) is 0 Å². The van der Waals surface area contributed by atoms with Crippen molar-refractivity contribution in [2.45, 2.75) is 26.2 Å². The molecule has 2 aliphatic heterocycles. The van der Waals surface area contributed by atoms with Crippen molar-refractivity contribution in [3.05, 3.63) is 30.1 Å². The molecule has 0 aliphatic carbocycles. The van der Waals surface area contributed by atoms with Crippen molar-refractivity contribution >= 4 is 21.8 Å². The van der Waals surface area contributed by atoms with Gasteiger partial charge in [0.05, 0.1) is 0 Å². The van der Waals surface area contributed by atoms with Crippen LogP contribution in [0, 0.1) is 11.7 Å². The van der Waals surface area contributed by atoms with E-state index in [2.05, 4.69) is 16.5 Å². The fraction of sp³-hybridized carbons (Fsp3) is 0.632. The van der Waals surface area contributed by atoms with Gasteiger partial charge in [0, 0.05) is 57.9 Å². The van der Waals surface area contributed by atoms with Crippen molar-refractivity contribution in [2.75, 3.05) is 50.7 Å². The first-order valence-corrected chi connectivity index (χ1v) is 11.3. The van der Waals surface area contributed by atoms with Gasteiger partial charge in [-0.1, -0.05) is 6.92 Å². The fourth-order valence-corrected chi connectivity index (χ4v) is 4.86. The second-order valence-electron chi connectivity index (χ2n) is 7.58. The maximum atomic E-state index is 13.0. The topological polar surface area (TPSA) is 73.0 Å². The van der Waals surface area contributed by atoms with E-state index in [4.69, 9.17) is 0 Å². The van der Waals surface area contributed by atoms with E-state index < -0.39 is 10.2 Å². The van der Waals surface area contributed by atoms with Crippen LogP contribution in [-0.2, 0) is 15.0 Å². The molecule has 0 spiro atoms. The van der Waals surface area contributed by atoms with E-state index in [9.17, 15) is 17.6 Å². The van der Waals surface area contributed by atoms with E-state index in [0.29, 0.717) is 45.2 Å². The summed E-state index contributed by atoms with van der Waals surface area (Å²) in [4.78, 5) is 16.3. The molecule has 0 atom stereocenters. The molecule has 2 aliphatic rings. The molecule has 1 aromatic rings. The van der Waals surface area contributed by atoms with Crippen molar-refractivity contribution in [3.63, 3.8) is 0 Å². The number of piperazine rings is 1. The van der Waals surface area contributed by atoms with E-state index in [1.54, 1.807) is 17.0 Å². The minimum Gasteiger partial charge on any atom is -0.368 e. The molecule has 1 amide bonds. The normalized spacial score (nSPS) is 19.8. The lowest BCUT2D eigenvalue weighted by Gasteiger charge is -2.36. The smallest absolute Gasteiger partial charge is 0.279 e. The molecule has 0 saturated carbocycles. The molecule has 1 aromatic carbocycles. The highest BCUT2D eigenvalue weighted by atomic mass is 32.2. The Hall–Kier alpha value is -1.71. The number of carbonyl (C=O) groups is 1. The number of anilines is 1. The highest BCUT2D eigenvalue weighted by molar-refractivity contribution is 7.87. The molecule has 2 fully saturated rings. The Kier molecular flexibility index (Phi) is 6.90. The van der Waals surface area contributed by atoms with Crippen molar-refractivity contribution in [3.8, 4) is 0 Å². The first-order valence-electron chi connectivity index (χ1n) is 9.88. The monoisotopic (exact) mass is 412 g/mol. The van der Waals surface area contributed by atoms with Gasteiger partial charge >= 0.3 is 0 Å². The molecule has 0 aromatic heterocycles. The Morgan fingerprint density at radius 3 is 2.29 bits per heavy atom. The molecule has 1 N–H and O–H groups in total. The lowest BCUT2D eigenvalue weighted by Crippen LogP contribution is -2.50. The van der Waals surface area contributed by atoms with Gasteiger partial charge in [0.15, 0.2) is 0 Å². The summed E-state index contributed by atoms with van der Waals surface area (Å²) < 4.78 is 41.7. The number of benzene rings is 1. The fourth-order valence-electron chi connectivity index (χ4n) is 3.63. The summed E-state index contributed by atoms with van der Waals surface area (Å²) in [5, 5.41) is 0. The maximum Gasteiger partial charge on any atom is 0.279 e. The summed E-state index contributed by atoms with van der Waals surface area (Å²) in [6, 6.07) is 6.34. The van der Waals surface area contributed by atoms with Crippen LogP contribution in [0.4, 0.5) is 10.1 Å². The van der Waals surface area contributed by atoms with Crippen molar-refractivity contribution < 1.29 is 17.6 Å². The number of halogens is 1. The third kappa shape index (κ3) is 5.42. The Bertz CT molecular complexity index is 756. The van der Waals surface area contributed by atoms with Gasteiger partial charge in [-0.2, -0.15) is 12.7 Å². The zero-order valence-corrected chi connectivity index (χ0v) is 17.1. The van der Waals surface area contributed by atoms with E-state index in [-0.39, 0.29) is 24.7 Å². The molecular weight excluding hydrogens is 383 g/mol. The third-order valence-electron chi connectivity index (χ3n) is 5.53. The number of hydrogen-bond donors (Lipinski definition) is 1. The second kappa shape index (κ2) is 9.19. The summed E-state index contributed by atoms with van der Waals surface area (Å²) in [6.45, 7) is 5.83. The standard InChI is InChI=1S/C19H29FN4O3S/c1-16-7-10-24(11-8-16)28(26,27)21-9-6-19(25)23-14-12-22(13-15-23)18-4-2-17(20)3-5-18/h2-5,16,21H,6-15H2,1H3. The number of nitrogens with zero attached hydrogens (tertiary/aromatic N) is 3. The van der Waals surface area contributed by atoms with Crippen LogP contribution in [0.1, 0.15) is 26.2 Å². The largest absolute Gasteiger partial charge is 0.368 e. The van der Waals surface area contributed by atoms with Gasteiger partial charge < -0.3 is 9.80 Å². The highest BCUT2D eigenvalue weighted by Gasteiger charge is 2.27. The predicted molar refractivity (Wildman–Crippen MR) is 107 cm³/mol. The Morgan fingerprint density at radius 2 is 1.68 bits per heavy atom. The molecule has 28 heavy (non-hydrogen) atoms. The van der Waals surface area contributed by atoms with Crippen LogP contribution in [0.3, 0.4) is 0 Å². The molecule has 3 rings (SSSR count). The van der Waals surface area contributed by atoms with E-state index in [0.717, 1.165) is 18.5 Å². The van der Waals surface area contributed by atoms with Gasteiger partial charge in [-0.3, -0.25) is 4.79 Å². The van der Waals surface area contributed by atoms with Crippen molar-refractivity contribution in [1.29, 1.82) is 0 Å². The molecule has 2 heterocycles. The van der Waals surface area contributed by atoms with Crippen LogP contribution in [-0.4, -0.2) is 69.3 Å². The molecule has 7 nitrogen and oxygen atoms in total. The van der Waals surface area contributed by atoms with Gasteiger partial charge in [-0.05, 0) is 43.0 Å². The van der Waals surface area contributed by atoms with Crippen LogP contribution in [0.2, 0.25) is 0 Å². The number of nitrogens with one attached hydrogen (secondary N) is 1. The summed E-state index contributed by atoms with van der Waals surface area (Å²) in [5.41, 5.74) is 0.942. The molecule has 0 unspecified atom stereocenters. The zero-order valence-electron chi connectivity index (χ0n) is 16.3. The van der Waals surface area contributed by atoms with Gasteiger partial charge in [-0.15, -0.1) is 0 Å². The molecule has 0 bridgehead atoms. The molecular formula is C19H29FN4O3S. The quantitative estimate of drug-likeness (QED) is 0.767. The highest BCUT2D eigenvalue weighted by Crippen LogP contribution is 2.18. The SMILES string of the molecule is CC1CCN(S(=O)(=O)NCCC(=O)N2CCN(c3ccc(F)cc3)CC2)CC1. The molecule has 156 valence electrons. The Labute approximate surface area is 166 Å². The van der Waals surface area contributed by atoms with Gasteiger partial charge in [0.1, 0.15) is 5.82 Å². The minimum absolute atomic E-state index is 0.0475. The zero-order chi connectivity index (χ0) is 20.1.